The minimum absolute atomic E-state index is 0.769. The van der Waals surface area contributed by atoms with Gasteiger partial charge >= 0.3 is 0 Å². The first-order chi connectivity index (χ1) is 18.7. The van der Waals surface area contributed by atoms with Crippen LogP contribution in [0.2, 0.25) is 0 Å². The third-order valence-corrected chi connectivity index (χ3v) is 9.63. The molecule has 0 N–H and O–H groups in total. The highest BCUT2D eigenvalue weighted by Gasteiger charge is 2.31. The second-order valence-electron chi connectivity index (χ2n) is 8.99. The van der Waals surface area contributed by atoms with Crippen LogP contribution in [0.4, 0.5) is 0 Å². The lowest BCUT2D eigenvalue weighted by molar-refractivity contribution is 0.592. The second-order valence-corrected chi connectivity index (χ2v) is 11.8. The molecule has 38 heavy (non-hydrogen) atoms. The summed E-state index contributed by atoms with van der Waals surface area (Å²) in [5.41, 5.74) is 5.87. The molecule has 3 aromatic carbocycles. The molecule has 5 heteroatoms. The summed E-state index contributed by atoms with van der Waals surface area (Å²) in [6.07, 6.45) is 10.8. The lowest BCUT2D eigenvalue weighted by atomic mass is 10.1. The molecule has 6 rings (SSSR count). The maximum Gasteiger partial charge on any atom is 0.171 e. The molecule has 0 aliphatic heterocycles. The Morgan fingerprint density at radius 1 is 0.395 bits per heavy atom. The molecule has 0 fully saturated rings. The Bertz CT molecular complexity index is 1530. The van der Waals surface area contributed by atoms with Gasteiger partial charge in [0, 0.05) is 69.8 Å². The van der Waals surface area contributed by atoms with Crippen LogP contribution >= 0.6 is 7.14 Å². The highest BCUT2D eigenvalue weighted by Crippen LogP contribution is 2.44. The van der Waals surface area contributed by atoms with Gasteiger partial charge in [-0.05, 0) is 53.1 Å². The van der Waals surface area contributed by atoms with Gasteiger partial charge in [0.1, 0.15) is 0 Å². The van der Waals surface area contributed by atoms with Gasteiger partial charge in [-0.25, -0.2) is 0 Å². The minimum atomic E-state index is -3.28. The van der Waals surface area contributed by atoms with E-state index in [1.165, 1.54) is 0 Å². The van der Waals surface area contributed by atoms with E-state index in [4.69, 9.17) is 0 Å². The molecular weight excluding hydrogens is 485 g/mol. The Labute approximate surface area is 222 Å². The number of hydrogen-bond acceptors (Lipinski definition) is 4. The van der Waals surface area contributed by atoms with Crippen LogP contribution in [-0.2, 0) is 4.57 Å². The number of rotatable bonds is 6. The summed E-state index contributed by atoms with van der Waals surface area (Å²) in [6.45, 7) is 0. The van der Waals surface area contributed by atoms with Crippen molar-refractivity contribution in [3.63, 3.8) is 0 Å². The Balaban J connectivity index is 1.57. The Morgan fingerprint density at radius 3 is 1.00 bits per heavy atom. The molecule has 0 spiro atoms. The molecule has 0 amide bonds. The molecule has 0 atom stereocenters. The normalized spacial score (nSPS) is 11.3. The van der Waals surface area contributed by atoms with E-state index in [1.807, 2.05) is 128 Å². The van der Waals surface area contributed by atoms with Gasteiger partial charge < -0.3 is 4.57 Å². The van der Waals surface area contributed by atoms with Gasteiger partial charge in [-0.15, -0.1) is 0 Å². The first kappa shape index (κ1) is 23.7. The van der Waals surface area contributed by atoms with E-state index in [-0.39, 0.29) is 0 Å². The molecule has 0 aliphatic carbocycles. The molecule has 0 aliphatic rings. The topological polar surface area (TPSA) is 55.7 Å². The molecule has 6 aromatic rings. The zero-order valence-corrected chi connectivity index (χ0v) is 21.4. The lowest BCUT2D eigenvalue weighted by Crippen LogP contribution is -2.25. The molecular formula is C33H24N3OP. The predicted octanol–water partition coefficient (Wildman–Crippen LogP) is 6.51. The highest BCUT2D eigenvalue weighted by atomic mass is 31.2. The molecule has 0 saturated carbocycles. The van der Waals surface area contributed by atoms with Crippen molar-refractivity contribution in [3.8, 4) is 33.4 Å². The van der Waals surface area contributed by atoms with E-state index in [1.54, 1.807) is 18.6 Å². The summed E-state index contributed by atoms with van der Waals surface area (Å²) < 4.78 is 15.5. The Kier molecular flexibility index (Phi) is 6.47. The van der Waals surface area contributed by atoms with Crippen molar-refractivity contribution in [1.82, 2.24) is 15.0 Å². The summed E-state index contributed by atoms with van der Waals surface area (Å²) in [7, 11) is -3.28. The summed E-state index contributed by atoms with van der Waals surface area (Å²) in [6, 6.07) is 35.8. The van der Waals surface area contributed by atoms with Crippen molar-refractivity contribution in [1.29, 1.82) is 0 Å². The molecule has 0 radical (unpaired) electrons. The van der Waals surface area contributed by atoms with E-state index in [0.29, 0.717) is 0 Å². The number of pyridine rings is 3. The molecule has 182 valence electrons. The number of hydrogen-bond donors (Lipinski definition) is 0. The molecule has 0 unspecified atom stereocenters. The van der Waals surface area contributed by atoms with Crippen LogP contribution in [0.5, 0.6) is 0 Å². The average Bonchev–Trinajstić information content (AvgIpc) is 3.02. The second kappa shape index (κ2) is 10.4. The molecule has 0 bridgehead atoms. The van der Waals surface area contributed by atoms with Crippen molar-refractivity contribution >= 4 is 23.1 Å². The van der Waals surface area contributed by atoms with Gasteiger partial charge in [-0.3, -0.25) is 15.0 Å². The van der Waals surface area contributed by atoms with Crippen LogP contribution in [0.25, 0.3) is 33.4 Å². The van der Waals surface area contributed by atoms with Crippen LogP contribution in [0.15, 0.2) is 146 Å². The van der Waals surface area contributed by atoms with E-state index < -0.39 is 7.14 Å². The van der Waals surface area contributed by atoms with Crippen molar-refractivity contribution in [2.24, 2.45) is 0 Å². The maximum absolute atomic E-state index is 15.5. The van der Waals surface area contributed by atoms with Crippen LogP contribution < -0.4 is 15.9 Å². The average molecular weight is 510 g/mol. The van der Waals surface area contributed by atoms with Crippen molar-refractivity contribution < 1.29 is 4.57 Å². The van der Waals surface area contributed by atoms with E-state index in [9.17, 15) is 0 Å². The van der Waals surface area contributed by atoms with E-state index in [2.05, 4.69) is 15.0 Å². The minimum Gasteiger partial charge on any atom is -0.309 e. The van der Waals surface area contributed by atoms with Crippen LogP contribution in [0.1, 0.15) is 0 Å². The number of nitrogens with zero attached hydrogens (tertiary/aromatic N) is 3. The van der Waals surface area contributed by atoms with Gasteiger partial charge in [0.05, 0.1) is 0 Å². The Hall–Kier alpha value is -4.66. The monoisotopic (exact) mass is 509 g/mol. The molecule has 3 heterocycles. The SMILES string of the molecule is O=P(c1cccc(-c2cccnc2)c1)(c1cccc(-c2cccnc2)c1)c1cccc(-c2cccnc2)c1. The van der Waals surface area contributed by atoms with E-state index in [0.717, 1.165) is 49.3 Å². The fraction of sp³-hybridized carbons (Fsp3) is 0. The van der Waals surface area contributed by atoms with Crippen molar-refractivity contribution in [2.45, 2.75) is 0 Å². The van der Waals surface area contributed by atoms with Crippen molar-refractivity contribution in [2.75, 3.05) is 0 Å². The third kappa shape index (κ3) is 4.58. The molecule has 3 aromatic heterocycles. The summed E-state index contributed by atoms with van der Waals surface area (Å²) in [4.78, 5) is 12.8. The largest absolute Gasteiger partial charge is 0.309 e. The first-order valence-corrected chi connectivity index (χ1v) is 14.1. The summed E-state index contributed by atoms with van der Waals surface area (Å²) >= 11 is 0. The van der Waals surface area contributed by atoms with Crippen LogP contribution in [0.3, 0.4) is 0 Å². The smallest absolute Gasteiger partial charge is 0.171 e. The third-order valence-electron chi connectivity index (χ3n) is 6.61. The van der Waals surface area contributed by atoms with Gasteiger partial charge in [0.2, 0.25) is 0 Å². The zero-order valence-electron chi connectivity index (χ0n) is 20.6. The summed E-state index contributed by atoms with van der Waals surface area (Å²) in [5, 5.41) is 2.31. The van der Waals surface area contributed by atoms with Gasteiger partial charge in [0.25, 0.3) is 0 Å². The van der Waals surface area contributed by atoms with Crippen molar-refractivity contribution in [3.05, 3.63) is 146 Å². The predicted molar refractivity (Wildman–Crippen MR) is 156 cm³/mol. The highest BCUT2D eigenvalue weighted by molar-refractivity contribution is 7.85. The number of aromatic nitrogens is 3. The Morgan fingerprint density at radius 2 is 0.711 bits per heavy atom. The number of benzene rings is 3. The fourth-order valence-corrected chi connectivity index (χ4v) is 7.44. The lowest BCUT2D eigenvalue weighted by Gasteiger charge is -2.22. The van der Waals surface area contributed by atoms with Gasteiger partial charge in [-0.1, -0.05) is 72.8 Å². The first-order valence-electron chi connectivity index (χ1n) is 12.3. The van der Waals surface area contributed by atoms with Crippen LogP contribution in [0, 0.1) is 0 Å². The molecule has 4 nitrogen and oxygen atoms in total. The quantitative estimate of drug-likeness (QED) is 0.240. The van der Waals surface area contributed by atoms with Gasteiger partial charge in [0.15, 0.2) is 7.14 Å². The van der Waals surface area contributed by atoms with Crippen LogP contribution in [-0.4, -0.2) is 15.0 Å². The van der Waals surface area contributed by atoms with Gasteiger partial charge in [-0.2, -0.15) is 0 Å². The van der Waals surface area contributed by atoms with E-state index >= 15 is 4.57 Å². The maximum atomic E-state index is 15.5. The summed E-state index contributed by atoms with van der Waals surface area (Å²) in [5.74, 6) is 0. The zero-order chi connectivity index (χ0) is 25.8. The fourth-order valence-electron chi connectivity index (χ4n) is 4.69. The standard InChI is InChI=1S/C33H24N3OP/c37-38(31-13-1-7-25(19-31)28-10-4-16-34-22-28,32-14-2-8-26(20-32)29-11-5-17-35-23-29)33-15-3-9-27(21-33)30-12-6-18-36-24-30/h1-24H. The molecule has 0 saturated heterocycles.